The van der Waals surface area contributed by atoms with Crippen molar-refractivity contribution >= 4 is 11.4 Å². The highest BCUT2D eigenvalue weighted by Crippen LogP contribution is 2.37. The Hall–Kier alpha value is -2.57. The fourth-order valence-corrected chi connectivity index (χ4v) is 2.32. The SMILES string of the molecule is Cn1cc([N+](=O)[O-])c(Oc2cccc3c2NCCC3)n1. The average molecular weight is 274 g/mol. The van der Waals surface area contributed by atoms with Crippen LogP contribution in [0.2, 0.25) is 0 Å². The summed E-state index contributed by atoms with van der Waals surface area (Å²) in [5.74, 6) is 0.585. The number of nitrogens with zero attached hydrogens (tertiary/aromatic N) is 3. The van der Waals surface area contributed by atoms with Gasteiger partial charge in [-0.1, -0.05) is 12.1 Å². The van der Waals surface area contributed by atoms with Gasteiger partial charge in [0.05, 0.1) is 10.6 Å². The van der Waals surface area contributed by atoms with E-state index in [1.807, 2.05) is 12.1 Å². The average Bonchev–Trinajstić information content (AvgIpc) is 2.80. The summed E-state index contributed by atoms with van der Waals surface area (Å²) in [4.78, 5) is 10.5. The minimum absolute atomic E-state index is 0.0123. The Morgan fingerprint density at radius 1 is 1.50 bits per heavy atom. The second kappa shape index (κ2) is 4.84. The highest BCUT2D eigenvalue weighted by atomic mass is 16.6. The van der Waals surface area contributed by atoms with Gasteiger partial charge in [-0.05, 0) is 24.5 Å². The maximum atomic E-state index is 11.0. The molecule has 20 heavy (non-hydrogen) atoms. The number of para-hydroxylation sites is 1. The van der Waals surface area contributed by atoms with Crippen molar-refractivity contribution in [2.24, 2.45) is 7.05 Å². The number of aryl methyl sites for hydroxylation is 2. The zero-order valence-electron chi connectivity index (χ0n) is 11.0. The smallest absolute Gasteiger partial charge is 0.350 e. The molecule has 2 aromatic rings. The first-order valence-electron chi connectivity index (χ1n) is 6.37. The van der Waals surface area contributed by atoms with Gasteiger partial charge in [0.1, 0.15) is 6.20 Å². The Morgan fingerprint density at radius 2 is 2.35 bits per heavy atom. The molecule has 0 bridgehead atoms. The Labute approximate surface area is 115 Å². The van der Waals surface area contributed by atoms with E-state index in [4.69, 9.17) is 4.74 Å². The third-order valence-electron chi connectivity index (χ3n) is 3.22. The van der Waals surface area contributed by atoms with Crippen molar-refractivity contribution in [3.8, 4) is 11.6 Å². The number of aromatic nitrogens is 2. The molecule has 7 heteroatoms. The summed E-state index contributed by atoms with van der Waals surface area (Å²) in [5.41, 5.74) is 1.92. The molecular weight excluding hydrogens is 260 g/mol. The van der Waals surface area contributed by atoms with Gasteiger partial charge in [0.2, 0.25) is 0 Å². The molecule has 1 N–H and O–H groups in total. The lowest BCUT2D eigenvalue weighted by Crippen LogP contribution is -2.12. The summed E-state index contributed by atoms with van der Waals surface area (Å²) < 4.78 is 7.03. The van der Waals surface area contributed by atoms with Crippen molar-refractivity contribution in [2.75, 3.05) is 11.9 Å². The second-order valence-corrected chi connectivity index (χ2v) is 4.67. The molecule has 0 radical (unpaired) electrons. The lowest BCUT2D eigenvalue weighted by atomic mass is 10.0. The number of benzene rings is 1. The van der Waals surface area contributed by atoms with Crippen molar-refractivity contribution < 1.29 is 9.66 Å². The molecular formula is C13H14N4O3. The van der Waals surface area contributed by atoms with Gasteiger partial charge >= 0.3 is 11.6 Å². The van der Waals surface area contributed by atoms with E-state index in [2.05, 4.69) is 10.4 Å². The molecule has 2 heterocycles. The zero-order chi connectivity index (χ0) is 14.1. The summed E-state index contributed by atoms with van der Waals surface area (Å²) in [6, 6.07) is 5.70. The van der Waals surface area contributed by atoms with Gasteiger partial charge in [0, 0.05) is 13.6 Å². The van der Waals surface area contributed by atoms with Crippen LogP contribution in [-0.4, -0.2) is 21.2 Å². The van der Waals surface area contributed by atoms with E-state index in [1.54, 1.807) is 13.1 Å². The summed E-state index contributed by atoms with van der Waals surface area (Å²) in [7, 11) is 1.62. The summed E-state index contributed by atoms with van der Waals surface area (Å²) >= 11 is 0. The minimum Gasteiger partial charge on any atom is -0.430 e. The van der Waals surface area contributed by atoms with Crippen LogP contribution in [0.4, 0.5) is 11.4 Å². The first-order chi connectivity index (χ1) is 9.65. The van der Waals surface area contributed by atoms with Gasteiger partial charge in [0.15, 0.2) is 5.75 Å². The van der Waals surface area contributed by atoms with E-state index in [0.29, 0.717) is 5.75 Å². The van der Waals surface area contributed by atoms with Crippen LogP contribution in [0.5, 0.6) is 11.6 Å². The largest absolute Gasteiger partial charge is 0.430 e. The van der Waals surface area contributed by atoms with Gasteiger partial charge in [-0.2, -0.15) is 0 Å². The Kier molecular flexibility index (Phi) is 3.02. The Balaban J connectivity index is 1.98. The molecule has 1 aromatic carbocycles. The molecule has 7 nitrogen and oxygen atoms in total. The molecule has 0 atom stereocenters. The number of fused-ring (bicyclic) bond motifs is 1. The van der Waals surface area contributed by atoms with Crippen molar-refractivity contribution in [2.45, 2.75) is 12.8 Å². The third kappa shape index (κ3) is 2.18. The molecule has 0 spiro atoms. The van der Waals surface area contributed by atoms with E-state index in [0.717, 1.165) is 30.6 Å². The van der Waals surface area contributed by atoms with Crippen LogP contribution < -0.4 is 10.1 Å². The molecule has 0 fully saturated rings. The lowest BCUT2D eigenvalue weighted by molar-refractivity contribution is -0.385. The molecule has 0 amide bonds. The normalized spacial score (nSPS) is 13.4. The molecule has 0 aliphatic carbocycles. The molecule has 1 aliphatic rings. The monoisotopic (exact) mass is 274 g/mol. The number of ether oxygens (including phenoxy) is 1. The van der Waals surface area contributed by atoms with Crippen LogP contribution in [0.1, 0.15) is 12.0 Å². The minimum atomic E-state index is -0.495. The van der Waals surface area contributed by atoms with Crippen molar-refractivity contribution in [3.63, 3.8) is 0 Å². The van der Waals surface area contributed by atoms with Crippen molar-refractivity contribution in [1.29, 1.82) is 0 Å². The first-order valence-corrected chi connectivity index (χ1v) is 6.37. The Bertz CT molecular complexity index is 666. The van der Waals surface area contributed by atoms with Crippen LogP contribution in [0.25, 0.3) is 0 Å². The van der Waals surface area contributed by atoms with Gasteiger partial charge in [-0.15, -0.1) is 5.10 Å². The number of hydrogen-bond donors (Lipinski definition) is 1. The van der Waals surface area contributed by atoms with Gasteiger partial charge in [-0.25, -0.2) is 0 Å². The quantitative estimate of drug-likeness (QED) is 0.686. The van der Waals surface area contributed by atoms with Crippen molar-refractivity contribution in [3.05, 3.63) is 40.1 Å². The molecule has 0 unspecified atom stereocenters. The fourth-order valence-electron chi connectivity index (χ4n) is 2.32. The Morgan fingerprint density at radius 3 is 3.15 bits per heavy atom. The van der Waals surface area contributed by atoms with Gasteiger partial charge in [-0.3, -0.25) is 14.8 Å². The lowest BCUT2D eigenvalue weighted by Gasteiger charge is -2.20. The molecule has 3 rings (SSSR count). The second-order valence-electron chi connectivity index (χ2n) is 4.67. The molecule has 104 valence electrons. The van der Waals surface area contributed by atoms with E-state index in [-0.39, 0.29) is 11.6 Å². The van der Waals surface area contributed by atoms with Gasteiger partial charge in [0.25, 0.3) is 0 Å². The maximum absolute atomic E-state index is 11.0. The molecule has 1 aromatic heterocycles. The number of nitrogens with one attached hydrogen (secondary N) is 1. The van der Waals surface area contributed by atoms with Crippen LogP contribution in [0.3, 0.4) is 0 Å². The van der Waals surface area contributed by atoms with Crippen LogP contribution in [-0.2, 0) is 13.5 Å². The topological polar surface area (TPSA) is 82.2 Å². The van der Waals surface area contributed by atoms with Crippen molar-refractivity contribution in [1.82, 2.24) is 9.78 Å². The number of hydrogen-bond acceptors (Lipinski definition) is 5. The molecule has 0 saturated carbocycles. The summed E-state index contributed by atoms with van der Waals surface area (Å²) in [6.45, 7) is 0.873. The molecule has 1 aliphatic heterocycles. The zero-order valence-corrected chi connectivity index (χ0v) is 11.0. The predicted molar refractivity (Wildman–Crippen MR) is 73.2 cm³/mol. The van der Waals surface area contributed by atoms with Crippen LogP contribution >= 0.6 is 0 Å². The third-order valence-corrected chi connectivity index (χ3v) is 3.22. The van der Waals surface area contributed by atoms with E-state index >= 15 is 0 Å². The van der Waals surface area contributed by atoms with E-state index in [9.17, 15) is 10.1 Å². The van der Waals surface area contributed by atoms with E-state index in [1.165, 1.54) is 10.9 Å². The predicted octanol–water partition coefficient (Wildman–Crippen LogP) is 2.48. The summed E-state index contributed by atoms with van der Waals surface area (Å²) in [6.07, 6.45) is 3.38. The van der Waals surface area contributed by atoms with Crippen LogP contribution in [0.15, 0.2) is 24.4 Å². The maximum Gasteiger partial charge on any atom is 0.350 e. The van der Waals surface area contributed by atoms with Gasteiger partial charge < -0.3 is 10.1 Å². The number of rotatable bonds is 3. The highest BCUT2D eigenvalue weighted by Gasteiger charge is 2.23. The number of nitro groups is 1. The first kappa shape index (κ1) is 12.5. The summed E-state index contributed by atoms with van der Waals surface area (Å²) in [5, 5.41) is 18.2. The fraction of sp³-hybridized carbons (Fsp3) is 0.308. The molecule has 0 saturated heterocycles. The number of anilines is 1. The highest BCUT2D eigenvalue weighted by molar-refractivity contribution is 5.64. The van der Waals surface area contributed by atoms with Crippen LogP contribution in [0, 0.1) is 10.1 Å². The standard InChI is InChI=1S/C13H14N4O3/c1-16-8-10(17(18)19)13(15-16)20-11-6-2-4-9-5-3-7-14-12(9)11/h2,4,6,8,14H,3,5,7H2,1H3. The van der Waals surface area contributed by atoms with E-state index < -0.39 is 4.92 Å².